The summed E-state index contributed by atoms with van der Waals surface area (Å²) in [6.45, 7) is 4.29. The van der Waals surface area contributed by atoms with Crippen molar-refractivity contribution in [2.75, 3.05) is 20.1 Å². The number of likely N-dealkylation sites (N-methyl/N-ethyl adjacent to an activating group) is 1. The topological polar surface area (TPSA) is 12.5 Å². The minimum absolute atomic E-state index is 0.377. The molecule has 1 unspecified atom stereocenters. The first-order valence-electron chi connectivity index (χ1n) is 5.16. The van der Waals surface area contributed by atoms with Crippen molar-refractivity contribution < 1.29 is 4.74 Å². The highest BCUT2D eigenvalue weighted by Crippen LogP contribution is 2.18. The Bertz CT molecular complexity index is 311. The summed E-state index contributed by atoms with van der Waals surface area (Å²) in [5.74, 6) is 1.00. The molecule has 1 fully saturated rings. The number of hydrogen-bond donors (Lipinski definition) is 0. The van der Waals surface area contributed by atoms with E-state index < -0.39 is 0 Å². The summed E-state index contributed by atoms with van der Waals surface area (Å²) in [6, 6.07) is 8.26. The Morgan fingerprint density at radius 1 is 1.43 bits per heavy atom. The van der Waals surface area contributed by atoms with Crippen LogP contribution in [0.4, 0.5) is 0 Å². The summed E-state index contributed by atoms with van der Waals surface area (Å²) in [6.07, 6.45) is 1.52. The highest BCUT2D eigenvalue weighted by molar-refractivity contribution is 5.27. The Morgan fingerprint density at radius 3 is 2.93 bits per heavy atom. The van der Waals surface area contributed by atoms with Gasteiger partial charge in [-0.25, -0.2) is 0 Å². The Balaban J connectivity index is 1.97. The number of aryl methyl sites for hydroxylation is 1. The molecule has 0 amide bonds. The van der Waals surface area contributed by atoms with Crippen molar-refractivity contribution in [3.8, 4) is 5.75 Å². The van der Waals surface area contributed by atoms with Gasteiger partial charge in [0, 0.05) is 13.1 Å². The van der Waals surface area contributed by atoms with E-state index in [0.717, 1.165) is 25.3 Å². The van der Waals surface area contributed by atoms with Crippen molar-refractivity contribution in [3.05, 3.63) is 29.8 Å². The fourth-order valence-electron chi connectivity index (χ4n) is 1.87. The molecule has 1 atom stereocenters. The smallest absolute Gasteiger partial charge is 0.120 e. The molecule has 1 aliphatic rings. The lowest BCUT2D eigenvalue weighted by atomic mass is 10.2. The summed E-state index contributed by atoms with van der Waals surface area (Å²) in [5, 5.41) is 0. The molecule has 14 heavy (non-hydrogen) atoms. The average Bonchev–Trinajstić information content (AvgIpc) is 2.51. The van der Waals surface area contributed by atoms with E-state index in [-0.39, 0.29) is 0 Å². The van der Waals surface area contributed by atoms with Crippen LogP contribution in [0.3, 0.4) is 0 Å². The maximum absolute atomic E-state index is 5.88. The highest BCUT2D eigenvalue weighted by atomic mass is 16.5. The van der Waals surface area contributed by atoms with Crippen LogP contribution in [0.5, 0.6) is 5.75 Å². The van der Waals surface area contributed by atoms with Gasteiger partial charge >= 0.3 is 0 Å². The first-order chi connectivity index (χ1) is 6.74. The van der Waals surface area contributed by atoms with Crippen molar-refractivity contribution >= 4 is 0 Å². The fraction of sp³-hybridized carbons (Fsp3) is 0.500. The molecule has 2 rings (SSSR count). The lowest BCUT2D eigenvalue weighted by Gasteiger charge is -2.13. The second-order valence-corrected chi connectivity index (χ2v) is 4.11. The zero-order valence-electron chi connectivity index (χ0n) is 8.86. The van der Waals surface area contributed by atoms with Gasteiger partial charge in [0.25, 0.3) is 0 Å². The van der Waals surface area contributed by atoms with Crippen LogP contribution in [0, 0.1) is 6.92 Å². The molecule has 0 saturated carbocycles. The largest absolute Gasteiger partial charge is 0.489 e. The molecule has 1 aromatic rings. The van der Waals surface area contributed by atoms with E-state index in [1.807, 2.05) is 12.1 Å². The summed E-state index contributed by atoms with van der Waals surface area (Å²) in [4.78, 5) is 2.31. The van der Waals surface area contributed by atoms with Crippen molar-refractivity contribution in [3.63, 3.8) is 0 Å². The van der Waals surface area contributed by atoms with E-state index in [1.165, 1.54) is 5.56 Å². The average molecular weight is 191 g/mol. The predicted octanol–water partition coefficient (Wildman–Crippen LogP) is 2.08. The highest BCUT2D eigenvalue weighted by Gasteiger charge is 2.20. The van der Waals surface area contributed by atoms with Crippen LogP contribution in [0.1, 0.15) is 12.0 Å². The van der Waals surface area contributed by atoms with Gasteiger partial charge in [-0.3, -0.25) is 0 Å². The maximum Gasteiger partial charge on any atom is 0.120 e. The first-order valence-corrected chi connectivity index (χ1v) is 5.16. The number of ether oxygens (including phenoxy) is 1. The normalized spacial score (nSPS) is 22.6. The van der Waals surface area contributed by atoms with Gasteiger partial charge in [-0.05, 0) is 38.1 Å². The molecule has 1 saturated heterocycles. The number of nitrogens with zero attached hydrogens (tertiary/aromatic N) is 1. The van der Waals surface area contributed by atoms with Crippen LogP contribution < -0.4 is 4.74 Å². The van der Waals surface area contributed by atoms with Crippen molar-refractivity contribution in [2.24, 2.45) is 0 Å². The summed E-state index contributed by atoms with van der Waals surface area (Å²) >= 11 is 0. The monoisotopic (exact) mass is 191 g/mol. The third-order valence-electron chi connectivity index (χ3n) is 2.64. The van der Waals surface area contributed by atoms with Crippen LogP contribution in [0.25, 0.3) is 0 Å². The second-order valence-electron chi connectivity index (χ2n) is 4.11. The lowest BCUT2D eigenvalue weighted by Crippen LogP contribution is -2.21. The molecule has 0 N–H and O–H groups in total. The van der Waals surface area contributed by atoms with Crippen LogP contribution in [-0.4, -0.2) is 31.1 Å². The van der Waals surface area contributed by atoms with E-state index >= 15 is 0 Å². The Morgan fingerprint density at radius 2 is 2.29 bits per heavy atom. The zero-order chi connectivity index (χ0) is 9.97. The van der Waals surface area contributed by atoms with Crippen LogP contribution in [-0.2, 0) is 0 Å². The van der Waals surface area contributed by atoms with E-state index in [4.69, 9.17) is 4.74 Å². The quantitative estimate of drug-likeness (QED) is 0.709. The van der Waals surface area contributed by atoms with Gasteiger partial charge in [-0.2, -0.15) is 0 Å². The van der Waals surface area contributed by atoms with Crippen molar-refractivity contribution in [1.29, 1.82) is 0 Å². The zero-order valence-corrected chi connectivity index (χ0v) is 8.86. The first kappa shape index (κ1) is 9.53. The Labute approximate surface area is 85.5 Å². The molecular formula is C12H17NO. The van der Waals surface area contributed by atoms with E-state index in [2.05, 4.69) is 31.0 Å². The molecule has 1 heterocycles. The van der Waals surface area contributed by atoms with E-state index in [0.29, 0.717) is 6.10 Å². The molecule has 0 bridgehead atoms. The molecule has 0 aliphatic carbocycles. The van der Waals surface area contributed by atoms with E-state index in [9.17, 15) is 0 Å². The van der Waals surface area contributed by atoms with Gasteiger partial charge in [0.05, 0.1) is 0 Å². The number of benzene rings is 1. The molecule has 2 heteroatoms. The van der Waals surface area contributed by atoms with Crippen LogP contribution >= 0.6 is 0 Å². The fourth-order valence-corrected chi connectivity index (χ4v) is 1.87. The van der Waals surface area contributed by atoms with Gasteiger partial charge in [0.2, 0.25) is 0 Å². The lowest BCUT2D eigenvalue weighted by molar-refractivity contribution is 0.208. The molecule has 1 aliphatic heterocycles. The molecule has 0 aromatic heterocycles. The molecule has 0 spiro atoms. The van der Waals surface area contributed by atoms with Gasteiger partial charge < -0.3 is 9.64 Å². The van der Waals surface area contributed by atoms with Gasteiger partial charge in [-0.15, -0.1) is 0 Å². The summed E-state index contributed by atoms with van der Waals surface area (Å²) < 4.78 is 5.88. The minimum atomic E-state index is 0.377. The third kappa shape index (κ3) is 2.26. The second kappa shape index (κ2) is 4.01. The van der Waals surface area contributed by atoms with Crippen LogP contribution in [0.2, 0.25) is 0 Å². The van der Waals surface area contributed by atoms with E-state index in [1.54, 1.807) is 0 Å². The molecule has 2 nitrogen and oxygen atoms in total. The Kier molecular flexibility index (Phi) is 2.73. The molecule has 76 valence electrons. The van der Waals surface area contributed by atoms with Crippen LogP contribution in [0.15, 0.2) is 24.3 Å². The molecule has 0 radical (unpaired) electrons. The van der Waals surface area contributed by atoms with Gasteiger partial charge in [0.1, 0.15) is 11.9 Å². The maximum atomic E-state index is 5.88. The van der Waals surface area contributed by atoms with Crippen molar-refractivity contribution in [2.45, 2.75) is 19.4 Å². The van der Waals surface area contributed by atoms with Gasteiger partial charge in [-0.1, -0.05) is 12.1 Å². The predicted molar refractivity (Wildman–Crippen MR) is 57.7 cm³/mol. The summed E-state index contributed by atoms with van der Waals surface area (Å²) in [5.41, 5.74) is 1.26. The van der Waals surface area contributed by atoms with Gasteiger partial charge in [0.15, 0.2) is 0 Å². The number of hydrogen-bond acceptors (Lipinski definition) is 2. The Hall–Kier alpha value is -1.02. The third-order valence-corrected chi connectivity index (χ3v) is 2.64. The number of likely N-dealkylation sites (tertiary alicyclic amines) is 1. The molecule has 1 aromatic carbocycles. The minimum Gasteiger partial charge on any atom is -0.489 e. The van der Waals surface area contributed by atoms with Crippen molar-refractivity contribution in [1.82, 2.24) is 4.90 Å². The molecular weight excluding hydrogens is 174 g/mol. The summed E-state index contributed by atoms with van der Waals surface area (Å²) in [7, 11) is 2.14. The SMILES string of the molecule is Cc1cccc(OC2CCN(C)C2)c1. The standard InChI is InChI=1S/C12H17NO/c1-10-4-3-5-11(8-10)14-12-6-7-13(2)9-12/h3-5,8,12H,6-7,9H2,1-2H3. The number of rotatable bonds is 2.